The molecule has 0 bridgehead atoms. The minimum atomic E-state index is -0.562. The predicted octanol–water partition coefficient (Wildman–Crippen LogP) is 2.34. The molecule has 78 valence electrons. The first kappa shape index (κ1) is 9.93. The van der Waals surface area contributed by atoms with Gasteiger partial charge in [-0.15, -0.1) is 0 Å². The summed E-state index contributed by atoms with van der Waals surface area (Å²) in [5.41, 5.74) is 1.22. The summed E-state index contributed by atoms with van der Waals surface area (Å²) in [6, 6.07) is 11.8. The maximum Gasteiger partial charge on any atom is 0.165 e. The van der Waals surface area contributed by atoms with Crippen LogP contribution in [0.5, 0.6) is 0 Å². The molecule has 2 aromatic rings. The molecule has 0 spiro atoms. The van der Waals surface area contributed by atoms with Gasteiger partial charge in [-0.1, -0.05) is 35.5 Å². The number of nitrogens with zero attached hydrogens (tertiary/aromatic N) is 1. The molecule has 0 aliphatic heterocycles. The molecule has 1 N–H and O–H groups in total. The Hall–Kier alpha value is -1.61. The van der Waals surface area contributed by atoms with E-state index in [1.54, 1.807) is 12.3 Å². The second-order valence-corrected chi connectivity index (χ2v) is 3.45. The normalized spacial score (nSPS) is 12.6. The molecule has 2 rings (SSSR count). The highest BCUT2D eigenvalue weighted by Crippen LogP contribution is 2.17. The van der Waals surface area contributed by atoms with Crippen molar-refractivity contribution in [3.05, 3.63) is 53.9 Å². The SMILES string of the molecule is OC(CCc1ccccc1)c1ccno1. The van der Waals surface area contributed by atoms with Crippen LogP contribution < -0.4 is 0 Å². The molecule has 1 unspecified atom stereocenters. The lowest BCUT2D eigenvalue weighted by molar-refractivity contribution is 0.131. The number of hydrogen-bond donors (Lipinski definition) is 1. The van der Waals surface area contributed by atoms with Crippen LogP contribution >= 0.6 is 0 Å². The highest BCUT2D eigenvalue weighted by Gasteiger charge is 2.10. The maximum atomic E-state index is 9.74. The lowest BCUT2D eigenvalue weighted by Crippen LogP contribution is -1.98. The molecule has 3 nitrogen and oxygen atoms in total. The maximum absolute atomic E-state index is 9.74. The lowest BCUT2D eigenvalue weighted by atomic mass is 10.1. The summed E-state index contributed by atoms with van der Waals surface area (Å²) in [5, 5.41) is 13.3. The zero-order chi connectivity index (χ0) is 10.5. The summed E-state index contributed by atoms with van der Waals surface area (Å²) in [6.07, 6.45) is 2.47. The highest BCUT2D eigenvalue weighted by atomic mass is 16.5. The molecule has 0 saturated carbocycles. The first-order chi connectivity index (χ1) is 7.36. The van der Waals surface area contributed by atoms with Gasteiger partial charge in [0.25, 0.3) is 0 Å². The Balaban J connectivity index is 1.89. The van der Waals surface area contributed by atoms with Crippen molar-refractivity contribution in [1.82, 2.24) is 5.16 Å². The Morgan fingerprint density at radius 3 is 2.67 bits per heavy atom. The molecule has 0 aliphatic rings. The minimum absolute atomic E-state index is 0.533. The largest absolute Gasteiger partial charge is 0.385 e. The van der Waals surface area contributed by atoms with Crippen molar-refractivity contribution >= 4 is 0 Å². The minimum Gasteiger partial charge on any atom is -0.385 e. The Bertz CT molecular complexity index is 383. The zero-order valence-electron chi connectivity index (χ0n) is 8.34. The van der Waals surface area contributed by atoms with E-state index in [0.717, 1.165) is 6.42 Å². The fourth-order valence-electron chi connectivity index (χ4n) is 1.49. The van der Waals surface area contributed by atoms with E-state index in [9.17, 15) is 5.11 Å². The highest BCUT2D eigenvalue weighted by molar-refractivity contribution is 5.15. The summed E-state index contributed by atoms with van der Waals surface area (Å²) in [7, 11) is 0. The van der Waals surface area contributed by atoms with Crippen molar-refractivity contribution in [2.45, 2.75) is 18.9 Å². The van der Waals surface area contributed by atoms with Gasteiger partial charge in [0.15, 0.2) is 5.76 Å². The summed E-state index contributed by atoms with van der Waals surface area (Å²) in [5.74, 6) is 0.533. The van der Waals surface area contributed by atoms with Crippen LogP contribution in [0, 0.1) is 0 Å². The van der Waals surface area contributed by atoms with Crippen LogP contribution in [0.25, 0.3) is 0 Å². The number of aromatic nitrogens is 1. The van der Waals surface area contributed by atoms with E-state index in [1.165, 1.54) is 5.56 Å². The van der Waals surface area contributed by atoms with Gasteiger partial charge in [-0.25, -0.2) is 0 Å². The fourth-order valence-corrected chi connectivity index (χ4v) is 1.49. The van der Waals surface area contributed by atoms with Gasteiger partial charge in [0, 0.05) is 6.07 Å². The van der Waals surface area contributed by atoms with Crippen molar-refractivity contribution in [3.63, 3.8) is 0 Å². The van der Waals surface area contributed by atoms with E-state index in [2.05, 4.69) is 5.16 Å². The van der Waals surface area contributed by atoms with Gasteiger partial charge in [0.05, 0.1) is 6.20 Å². The number of rotatable bonds is 4. The molecule has 0 saturated heterocycles. The van der Waals surface area contributed by atoms with Crippen LogP contribution in [0.15, 0.2) is 47.1 Å². The molecule has 0 fully saturated rings. The molecule has 1 aromatic carbocycles. The zero-order valence-corrected chi connectivity index (χ0v) is 8.34. The third-order valence-electron chi connectivity index (χ3n) is 2.34. The van der Waals surface area contributed by atoms with Crippen molar-refractivity contribution < 1.29 is 9.63 Å². The van der Waals surface area contributed by atoms with Crippen LogP contribution in [0.1, 0.15) is 23.8 Å². The molecule has 1 atom stereocenters. The molecule has 0 radical (unpaired) electrons. The molecule has 0 aliphatic carbocycles. The van der Waals surface area contributed by atoms with Gasteiger partial charge in [0.1, 0.15) is 6.10 Å². The second-order valence-electron chi connectivity index (χ2n) is 3.45. The average molecular weight is 203 g/mol. The van der Waals surface area contributed by atoms with E-state index in [4.69, 9.17) is 4.52 Å². The number of aryl methyl sites for hydroxylation is 1. The number of aliphatic hydroxyl groups is 1. The van der Waals surface area contributed by atoms with E-state index in [0.29, 0.717) is 12.2 Å². The van der Waals surface area contributed by atoms with E-state index in [-0.39, 0.29) is 0 Å². The van der Waals surface area contributed by atoms with Crippen molar-refractivity contribution in [2.24, 2.45) is 0 Å². The van der Waals surface area contributed by atoms with E-state index in [1.807, 2.05) is 30.3 Å². The number of hydrogen-bond acceptors (Lipinski definition) is 3. The van der Waals surface area contributed by atoms with Gasteiger partial charge in [-0.2, -0.15) is 0 Å². The molecule has 0 amide bonds. The molecule has 3 heteroatoms. The van der Waals surface area contributed by atoms with E-state index >= 15 is 0 Å². The second kappa shape index (κ2) is 4.75. The molecule has 1 aromatic heterocycles. The van der Waals surface area contributed by atoms with Gasteiger partial charge in [0.2, 0.25) is 0 Å². The standard InChI is InChI=1S/C12H13NO2/c14-11(12-8-9-13-15-12)7-6-10-4-2-1-3-5-10/h1-5,8-9,11,14H,6-7H2. The quantitative estimate of drug-likeness (QED) is 0.829. The third kappa shape index (κ3) is 2.67. The lowest BCUT2D eigenvalue weighted by Gasteiger charge is -2.06. The topological polar surface area (TPSA) is 46.3 Å². The fraction of sp³-hybridized carbons (Fsp3) is 0.250. The Morgan fingerprint density at radius 1 is 1.20 bits per heavy atom. The van der Waals surface area contributed by atoms with Crippen LogP contribution in [0.2, 0.25) is 0 Å². The molecule has 15 heavy (non-hydrogen) atoms. The number of benzene rings is 1. The van der Waals surface area contributed by atoms with Crippen LogP contribution in [0.4, 0.5) is 0 Å². The summed E-state index contributed by atoms with van der Waals surface area (Å²) in [6.45, 7) is 0. The van der Waals surface area contributed by atoms with Gasteiger partial charge < -0.3 is 9.63 Å². The first-order valence-electron chi connectivity index (χ1n) is 4.99. The third-order valence-corrected chi connectivity index (χ3v) is 2.34. The van der Waals surface area contributed by atoms with Crippen molar-refractivity contribution in [3.8, 4) is 0 Å². The summed E-state index contributed by atoms with van der Waals surface area (Å²) in [4.78, 5) is 0. The summed E-state index contributed by atoms with van der Waals surface area (Å²) < 4.78 is 4.88. The smallest absolute Gasteiger partial charge is 0.165 e. The van der Waals surface area contributed by atoms with Gasteiger partial charge in [-0.05, 0) is 18.4 Å². The van der Waals surface area contributed by atoms with Gasteiger partial charge in [-0.3, -0.25) is 0 Å². The van der Waals surface area contributed by atoms with Crippen LogP contribution in [-0.2, 0) is 6.42 Å². The molecular formula is C12H13NO2. The Labute approximate surface area is 88.3 Å². The molecule has 1 heterocycles. The monoisotopic (exact) mass is 203 g/mol. The Kier molecular flexibility index (Phi) is 3.15. The number of aliphatic hydroxyl groups excluding tert-OH is 1. The van der Waals surface area contributed by atoms with Crippen molar-refractivity contribution in [1.29, 1.82) is 0 Å². The van der Waals surface area contributed by atoms with E-state index < -0.39 is 6.10 Å². The van der Waals surface area contributed by atoms with Crippen LogP contribution in [-0.4, -0.2) is 10.3 Å². The first-order valence-corrected chi connectivity index (χ1v) is 4.99. The predicted molar refractivity (Wildman–Crippen MR) is 56.2 cm³/mol. The summed E-state index contributed by atoms with van der Waals surface area (Å²) >= 11 is 0. The van der Waals surface area contributed by atoms with Gasteiger partial charge >= 0.3 is 0 Å². The average Bonchev–Trinajstić information content (AvgIpc) is 2.81. The molecular weight excluding hydrogens is 190 g/mol. The Morgan fingerprint density at radius 2 is 2.00 bits per heavy atom. The van der Waals surface area contributed by atoms with Crippen LogP contribution in [0.3, 0.4) is 0 Å². The van der Waals surface area contributed by atoms with Crippen molar-refractivity contribution in [2.75, 3.05) is 0 Å².